The predicted molar refractivity (Wildman–Crippen MR) is 225 cm³/mol. The predicted octanol–water partition coefficient (Wildman–Crippen LogP) is 6.67. The molecule has 1 aromatic heterocycles. The Labute approximate surface area is 344 Å². The third-order valence-electron chi connectivity index (χ3n) is 12.5. The van der Waals surface area contributed by atoms with E-state index in [0.717, 1.165) is 68.1 Å². The van der Waals surface area contributed by atoms with Crippen molar-refractivity contribution >= 4 is 28.9 Å². The fourth-order valence-electron chi connectivity index (χ4n) is 9.38. The van der Waals surface area contributed by atoms with Crippen molar-refractivity contribution in [3.05, 3.63) is 113 Å². The Morgan fingerprint density at radius 3 is 2.31 bits per heavy atom. The van der Waals surface area contributed by atoms with Gasteiger partial charge in [-0.05, 0) is 91.4 Å². The summed E-state index contributed by atoms with van der Waals surface area (Å²) >= 11 is 0. The van der Waals surface area contributed by atoms with Crippen LogP contribution in [0.1, 0.15) is 50.4 Å². The van der Waals surface area contributed by atoms with Crippen LogP contribution in [-0.2, 0) is 30.7 Å². The van der Waals surface area contributed by atoms with E-state index in [-0.39, 0.29) is 23.6 Å². The molecule has 0 unspecified atom stereocenters. The second-order valence-electron chi connectivity index (χ2n) is 16.1. The van der Waals surface area contributed by atoms with Crippen LogP contribution in [0.2, 0.25) is 0 Å². The molecule has 4 aromatic carbocycles. The second kappa shape index (κ2) is 15.6. The highest BCUT2D eigenvalue weighted by Crippen LogP contribution is 2.43. The molecule has 6 heterocycles. The van der Waals surface area contributed by atoms with E-state index in [1.165, 1.54) is 5.56 Å². The lowest BCUT2D eigenvalue weighted by atomic mass is 9.92. The maximum absolute atomic E-state index is 15.4. The molecule has 1 N–H and O–H groups in total. The first-order valence-electron chi connectivity index (χ1n) is 20.9. The van der Waals surface area contributed by atoms with E-state index in [1.807, 2.05) is 54.4 Å². The van der Waals surface area contributed by atoms with Crippen molar-refractivity contribution in [3.8, 4) is 34.3 Å². The molecule has 5 aromatic rings. The summed E-state index contributed by atoms with van der Waals surface area (Å²) in [4.78, 5) is 38.9. The number of phenolic OH excluding ortho intramolecular Hbond substituents is 1. The third kappa shape index (κ3) is 7.03. The Bertz CT molecular complexity index is 2400. The second-order valence-corrected chi connectivity index (χ2v) is 16.1. The number of likely N-dealkylation sites (N-methyl/N-ethyl adjacent to an activating group) is 1. The summed E-state index contributed by atoms with van der Waals surface area (Å²) < 4.78 is 26.3. The Hall–Kier alpha value is -5.98. The number of carbonyl (C=O) groups is 2. The van der Waals surface area contributed by atoms with Gasteiger partial charge in [0, 0.05) is 74.5 Å². The first-order valence-corrected chi connectivity index (χ1v) is 20.9. The lowest BCUT2D eigenvalue weighted by Gasteiger charge is -2.41. The number of benzene rings is 4. The summed E-state index contributed by atoms with van der Waals surface area (Å²) in [5, 5.41) is 10.2. The van der Waals surface area contributed by atoms with E-state index in [0.29, 0.717) is 97.9 Å². The van der Waals surface area contributed by atoms with Crippen LogP contribution in [0.5, 0.6) is 23.0 Å². The van der Waals surface area contributed by atoms with Crippen molar-refractivity contribution in [2.75, 3.05) is 76.1 Å². The quantitative estimate of drug-likeness (QED) is 0.193. The van der Waals surface area contributed by atoms with Crippen LogP contribution in [0, 0.1) is 0 Å². The Balaban J connectivity index is 1.09. The van der Waals surface area contributed by atoms with Crippen molar-refractivity contribution in [1.29, 1.82) is 0 Å². The van der Waals surface area contributed by atoms with E-state index in [4.69, 9.17) is 18.9 Å². The van der Waals surface area contributed by atoms with Crippen molar-refractivity contribution < 1.29 is 33.6 Å². The smallest absolute Gasteiger partial charge is 0.264 e. The van der Waals surface area contributed by atoms with Gasteiger partial charge >= 0.3 is 0 Å². The molecule has 12 heteroatoms. The van der Waals surface area contributed by atoms with Crippen LogP contribution in [0.25, 0.3) is 11.3 Å². The number of morpholine rings is 1. The molecule has 12 nitrogen and oxygen atoms in total. The number of hydrogen-bond donors (Lipinski definition) is 1. The van der Waals surface area contributed by atoms with Gasteiger partial charge in [0.25, 0.3) is 11.8 Å². The molecule has 0 radical (unpaired) electrons. The van der Waals surface area contributed by atoms with E-state index >= 15 is 9.59 Å². The van der Waals surface area contributed by atoms with E-state index in [9.17, 15) is 5.11 Å². The van der Waals surface area contributed by atoms with Crippen LogP contribution in [0.15, 0.2) is 84.9 Å². The van der Waals surface area contributed by atoms with Gasteiger partial charge in [-0.25, -0.2) is 0 Å². The fraction of sp³-hybridized carbons (Fsp3) is 0.362. The summed E-state index contributed by atoms with van der Waals surface area (Å²) in [6.07, 6.45) is 3.35. The highest BCUT2D eigenvalue weighted by molar-refractivity contribution is 6.13. The number of aromatic hydroxyl groups is 1. The summed E-state index contributed by atoms with van der Waals surface area (Å²) in [6.45, 7) is 7.11. The number of aromatic nitrogens is 1. The summed E-state index contributed by atoms with van der Waals surface area (Å²) in [5.41, 5.74) is 8.18. The Morgan fingerprint density at radius 1 is 0.746 bits per heavy atom. The lowest BCUT2D eigenvalue weighted by molar-refractivity contribution is 0.0193. The number of ether oxygens (including phenoxy) is 4. The summed E-state index contributed by atoms with van der Waals surface area (Å²) in [7, 11) is 2.03. The average molecular weight is 796 g/mol. The minimum Gasteiger partial charge on any atom is -0.508 e. The van der Waals surface area contributed by atoms with Gasteiger partial charge in [0.05, 0.1) is 42.3 Å². The minimum atomic E-state index is -0.208. The fourth-order valence-corrected chi connectivity index (χ4v) is 9.38. The number of carbonyl (C=O) groups excluding carboxylic acids is 2. The van der Waals surface area contributed by atoms with Gasteiger partial charge in [-0.3, -0.25) is 19.4 Å². The van der Waals surface area contributed by atoms with Crippen LogP contribution in [0.4, 0.5) is 17.1 Å². The molecular formula is C47H49N5O7. The van der Waals surface area contributed by atoms with Crippen LogP contribution in [0.3, 0.4) is 0 Å². The molecule has 0 saturated carbocycles. The molecule has 5 aliphatic rings. The van der Waals surface area contributed by atoms with Gasteiger partial charge in [-0.1, -0.05) is 24.3 Å². The molecule has 59 heavy (non-hydrogen) atoms. The number of anilines is 3. The highest BCUT2D eigenvalue weighted by Gasteiger charge is 2.36. The van der Waals surface area contributed by atoms with Crippen LogP contribution >= 0.6 is 0 Å². The van der Waals surface area contributed by atoms with Crippen LogP contribution < -0.4 is 24.0 Å². The number of nitrogens with zero attached hydrogens (tertiary/aromatic N) is 5. The van der Waals surface area contributed by atoms with Gasteiger partial charge in [0.15, 0.2) is 11.5 Å². The Morgan fingerprint density at radius 2 is 1.49 bits per heavy atom. The molecule has 304 valence electrons. The molecule has 1 fully saturated rings. The number of hydrogen-bond acceptors (Lipinski definition) is 9. The van der Waals surface area contributed by atoms with Gasteiger partial charge in [-0.15, -0.1) is 0 Å². The van der Waals surface area contributed by atoms with Crippen molar-refractivity contribution in [2.45, 2.75) is 44.8 Å². The molecule has 0 aliphatic carbocycles. The average Bonchev–Trinajstić information content (AvgIpc) is 3.66. The third-order valence-corrected chi connectivity index (χ3v) is 12.5. The van der Waals surface area contributed by atoms with Crippen molar-refractivity contribution in [1.82, 2.24) is 14.4 Å². The highest BCUT2D eigenvalue weighted by atomic mass is 16.6. The number of phenols is 1. The molecule has 0 bridgehead atoms. The normalized spacial score (nSPS) is 18.6. The number of amides is 2. The molecule has 1 saturated heterocycles. The molecule has 5 aliphatic heterocycles. The van der Waals surface area contributed by atoms with Gasteiger partial charge in [-0.2, -0.15) is 0 Å². The van der Waals surface area contributed by atoms with Gasteiger partial charge < -0.3 is 38.4 Å². The number of rotatable bonds is 7. The Kier molecular flexibility index (Phi) is 9.89. The maximum Gasteiger partial charge on any atom is 0.264 e. The zero-order valence-corrected chi connectivity index (χ0v) is 33.4. The molecule has 2 amide bonds. The van der Waals surface area contributed by atoms with Gasteiger partial charge in [0.1, 0.15) is 31.3 Å². The molecule has 0 spiro atoms. The van der Waals surface area contributed by atoms with Gasteiger partial charge in [0.2, 0.25) is 0 Å². The SMILES string of the molecule is CN1CCOc2cc(N(C(=O)c3cc(-c4cc5c(cc4C(=O)N4Cc6ccccc6C[C@H]4CN4CCOCC4)OCCO5)n4c3CCCC4)c3ccc(O)cc3)ccc21. The maximum atomic E-state index is 15.4. The monoisotopic (exact) mass is 795 g/mol. The molecule has 1 atom stereocenters. The lowest BCUT2D eigenvalue weighted by Crippen LogP contribution is -2.52. The largest absolute Gasteiger partial charge is 0.508 e. The number of fused-ring (bicyclic) bond motifs is 4. The topological polar surface area (TPSA) is 109 Å². The van der Waals surface area contributed by atoms with E-state index in [2.05, 4.69) is 32.6 Å². The molecule has 10 rings (SSSR count). The zero-order chi connectivity index (χ0) is 40.0. The van der Waals surface area contributed by atoms with Crippen molar-refractivity contribution in [3.63, 3.8) is 0 Å². The minimum absolute atomic E-state index is 0.0471. The van der Waals surface area contributed by atoms with E-state index < -0.39 is 0 Å². The summed E-state index contributed by atoms with van der Waals surface area (Å²) in [6, 6.07) is 26.7. The zero-order valence-electron chi connectivity index (χ0n) is 33.4. The van der Waals surface area contributed by atoms with Crippen LogP contribution in [-0.4, -0.2) is 104 Å². The first-order chi connectivity index (χ1) is 28.9. The first kappa shape index (κ1) is 37.3. The summed E-state index contributed by atoms with van der Waals surface area (Å²) in [5.74, 6) is 1.67. The standard InChI is InChI=1S/C47H49N5O7/c1-48-16-21-57-43-25-34(11-14-41(43)48)52(33-9-12-36(53)13-10-33)47(55)39-26-42(50-15-5-4-8-40(39)50)37-27-44-45(59-23-22-58-44)28-38(37)46(54)51-29-32-7-3-2-6-31(32)24-35(51)30-49-17-19-56-20-18-49/h2-3,6-7,9-14,25-28,35,53H,4-5,8,15-24,29-30H2,1H3/t35-/m0/s1. The van der Waals surface area contributed by atoms with E-state index in [1.54, 1.807) is 29.2 Å². The molecular weight excluding hydrogens is 747 g/mol. The van der Waals surface area contributed by atoms with Crippen molar-refractivity contribution in [2.24, 2.45) is 0 Å².